The number of nitrogens with zero attached hydrogens (tertiary/aromatic N) is 1. The second kappa shape index (κ2) is 8.79. The van der Waals surface area contributed by atoms with Crippen LogP contribution in [0.4, 0.5) is 11.4 Å². The van der Waals surface area contributed by atoms with E-state index in [0.29, 0.717) is 30.0 Å². The molecule has 0 aliphatic rings. The van der Waals surface area contributed by atoms with Gasteiger partial charge in [0.2, 0.25) is 0 Å². The van der Waals surface area contributed by atoms with E-state index < -0.39 is 0 Å². The Labute approximate surface area is 141 Å². The molecule has 0 radical (unpaired) electrons. The Morgan fingerprint density at radius 1 is 1.12 bits per heavy atom. The number of pyridine rings is 1. The molecular weight excluding hydrogens is 306 g/mol. The van der Waals surface area contributed by atoms with Crippen LogP contribution in [0, 0.1) is 0 Å². The van der Waals surface area contributed by atoms with Crippen molar-refractivity contribution in [2.45, 2.75) is 13.3 Å². The molecule has 6 heteroatoms. The molecule has 0 aliphatic carbocycles. The zero-order chi connectivity index (χ0) is 17.4. The predicted octanol–water partition coefficient (Wildman–Crippen LogP) is 2.79. The first-order chi connectivity index (χ1) is 11.6. The molecule has 2 aromatic rings. The average molecular weight is 327 g/mol. The molecule has 0 saturated carbocycles. The van der Waals surface area contributed by atoms with Gasteiger partial charge in [-0.2, -0.15) is 0 Å². The summed E-state index contributed by atoms with van der Waals surface area (Å²) in [5.41, 5.74) is 2.54. The molecule has 1 amide bonds. The van der Waals surface area contributed by atoms with Gasteiger partial charge in [-0.15, -0.1) is 0 Å². The number of methoxy groups -OCH3 is 1. The number of rotatable bonds is 8. The van der Waals surface area contributed by atoms with E-state index in [-0.39, 0.29) is 11.7 Å². The van der Waals surface area contributed by atoms with Crippen molar-refractivity contribution in [3.8, 4) is 0 Å². The lowest BCUT2D eigenvalue weighted by molar-refractivity contribution is 0.0947. The molecule has 1 aromatic heterocycles. The van der Waals surface area contributed by atoms with Gasteiger partial charge in [0.15, 0.2) is 5.78 Å². The van der Waals surface area contributed by atoms with E-state index in [1.165, 1.54) is 13.1 Å². The summed E-state index contributed by atoms with van der Waals surface area (Å²) in [6, 6.07) is 8.90. The number of carbonyl (C=O) groups excluding carboxylic acids is 2. The summed E-state index contributed by atoms with van der Waals surface area (Å²) in [6.07, 6.45) is 3.90. The lowest BCUT2D eigenvalue weighted by Crippen LogP contribution is -2.25. The van der Waals surface area contributed by atoms with Crippen LogP contribution in [0.25, 0.3) is 0 Å². The number of ether oxygens (including phenoxy) is 1. The lowest BCUT2D eigenvalue weighted by atomic mass is 10.1. The maximum absolute atomic E-state index is 12.1. The van der Waals surface area contributed by atoms with E-state index in [4.69, 9.17) is 4.74 Å². The highest BCUT2D eigenvalue weighted by molar-refractivity contribution is 5.96. The smallest absolute Gasteiger partial charge is 0.252 e. The van der Waals surface area contributed by atoms with Gasteiger partial charge >= 0.3 is 0 Å². The Morgan fingerprint density at radius 3 is 2.67 bits per heavy atom. The molecule has 24 heavy (non-hydrogen) atoms. The molecule has 0 atom stereocenters. The van der Waals surface area contributed by atoms with Crippen LogP contribution in [0.3, 0.4) is 0 Å². The topological polar surface area (TPSA) is 80.3 Å². The Morgan fingerprint density at radius 2 is 1.92 bits per heavy atom. The Kier molecular flexibility index (Phi) is 6.45. The van der Waals surface area contributed by atoms with E-state index in [0.717, 1.165) is 12.1 Å². The molecule has 2 N–H and O–H groups in total. The van der Waals surface area contributed by atoms with Crippen molar-refractivity contribution in [2.75, 3.05) is 25.6 Å². The van der Waals surface area contributed by atoms with E-state index >= 15 is 0 Å². The third kappa shape index (κ3) is 5.17. The number of Topliss-reactive ketones (excluding diaryl/α,β-unsaturated/α-hetero) is 1. The highest BCUT2D eigenvalue weighted by Crippen LogP contribution is 2.18. The maximum atomic E-state index is 12.1. The van der Waals surface area contributed by atoms with Crippen LogP contribution in [0.5, 0.6) is 0 Å². The minimum Gasteiger partial charge on any atom is -0.385 e. The summed E-state index contributed by atoms with van der Waals surface area (Å²) in [5.74, 6) is -0.180. The molecule has 0 fully saturated rings. The summed E-state index contributed by atoms with van der Waals surface area (Å²) in [7, 11) is 1.63. The van der Waals surface area contributed by atoms with Gasteiger partial charge in [0, 0.05) is 37.7 Å². The molecule has 1 heterocycles. The van der Waals surface area contributed by atoms with E-state index in [2.05, 4.69) is 15.6 Å². The fourth-order valence-electron chi connectivity index (χ4n) is 2.14. The van der Waals surface area contributed by atoms with Crippen molar-refractivity contribution in [1.82, 2.24) is 10.3 Å². The van der Waals surface area contributed by atoms with Gasteiger partial charge in [-0.1, -0.05) is 12.1 Å². The first-order valence-corrected chi connectivity index (χ1v) is 7.70. The second-order valence-corrected chi connectivity index (χ2v) is 5.33. The Bertz CT molecular complexity index is 716. The molecule has 0 spiro atoms. The van der Waals surface area contributed by atoms with Crippen LogP contribution in [-0.2, 0) is 4.74 Å². The number of benzene rings is 1. The quantitative estimate of drug-likeness (QED) is 0.576. The Hall–Kier alpha value is -2.73. The third-order valence-corrected chi connectivity index (χ3v) is 3.37. The van der Waals surface area contributed by atoms with Gasteiger partial charge in [-0.05, 0) is 31.5 Å². The van der Waals surface area contributed by atoms with Crippen LogP contribution in [-0.4, -0.2) is 36.9 Å². The van der Waals surface area contributed by atoms with Crippen LogP contribution in [0.1, 0.15) is 34.1 Å². The largest absolute Gasteiger partial charge is 0.385 e. The molecule has 0 bridgehead atoms. The van der Waals surface area contributed by atoms with Gasteiger partial charge in [0.25, 0.3) is 5.91 Å². The van der Waals surface area contributed by atoms with E-state index in [1.54, 1.807) is 37.6 Å². The van der Waals surface area contributed by atoms with E-state index in [1.807, 2.05) is 6.07 Å². The predicted molar refractivity (Wildman–Crippen MR) is 92.8 cm³/mol. The van der Waals surface area contributed by atoms with Crippen LogP contribution < -0.4 is 10.6 Å². The molecule has 0 aliphatic heterocycles. The fraction of sp³-hybridized carbons (Fsp3) is 0.278. The maximum Gasteiger partial charge on any atom is 0.252 e. The number of aromatic nitrogens is 1. The summed E-state index contributed by atoms with van der Waals surface area (Å²) >= 11 is 0. The summed E-state index contributed by atoms with van der Waals surface area (Å²) < 4.78 is 4.94. The lowest BCUT2D eigenvalue weighted by Gasteiger charge is -2.09. The van der Waals surface area contributed by atoms with Crippen molar-refractivity contribution in [3.63, 3.8) is 0 Å². The van der Waals surface area contributed by atoms with Gasteiger partial charge < -0.3 is 15.4 Å². The number of anilines is 2. The molecule has 0 unspecified atom stereocenters. The van der Waals surface area contributed by atoms with Crippen molar-refractivity contribution < 1.29 is 14.3 Å². The van der Waals surface area contributed by atoms with Gasteiger partial charge in [0.05, 0.1) is 17.4 Å². The number of carbonyl (C=O) groups is 2. The van der Waals surface area contributed by atoms with Gasteiger partial charge in [0.1, 0.15) is 0 Å². The molecule has 2 rings (SSSR count). The molecule has 6 nitrogen and oxygen atoms in total. The number of hydrogen-bond donors (Lipinski definition) is 2. The molecule has 1 aromatic carbocycles. The van der Waals surface area contributed by atoms with Crippen molar-refractivity contribution in [3.05, 3.63) is 53.9 Å². The zero-order valence-electron chi connectivity index (χ0n) is 13.8. The van der Waals surface area contributed by atoms with Gasteiger partial charge in [-0.25, -0.2) is 0 Å². The minimum atomic E-state index is -0.181. The number of nitrogens with one attached hydrogen (secondary N) is 2. The summed E-state index contributed by atoms with van der Waals surface area (Å²) in [5, 5.41) is 5.97. The number of amides is 1. The summed E-state index contributed by atoms with van der Waals surface area (Å²) in [4.78, 5) is 27.6. The van der Waals surface area contributed by atoms with Gasteiger partial charge in [-0.3, -0.25) is 14.6 Å². The van der Waals surface area contributed by atoms with E-state index in [9.17, 15) is 9.59 Å². The average Bonchev–Trinajstić information content (AvgIpc) is 2.59. The SMILES string of the molecule is COCCCNC(=O)c1cncc(Nc2cccc(C(C)=O)c2)c1. The van der Waals surface area contributed by atoms with Crippen LogP contribution >= 0.6 is 0 Å². The molecule has 126 valence electrons. The first kappa shape index (κ1) is 17.6. The van der Waals surface area contributed by atoms with Crippen molar-refractivity contribution in [2.24, 2.45) is 0 Å². The monoisotopic (exact) mass is 327 g/mol. The molecular formula is C18H21N3O3. The second-order valence-electron chi connectivity index (χ2n) is 5.33. The van der Waals surface area contributed by atoms with Crippen LogP contribution in [0.2, 0.25) is 0 Å². The first-order valence-electron chi connectivity index (χ1n) is 7.70. The van der Waals surface area contributed by atoms with Crippen LogP contribution in [0.15, 0.2) is 42.7 Å². The minimum absolute atomic E-state index is 0.000891. The third-order valence-electron chi connectivity index (χ3n) is 3.37. The summed E-state index contributed by atoms with van der Waals surface area (Å²) in [6.45, 7) is 2.67. The number of hydrogen-bond acceptors (Lipinski definition) is 5. The normalized spacial score (nSPS) is 10.2. The Balaban J connectivity index is 2.03. The van der Waals surface area contributed by atoms with Crippen molar-refractivity contribution in [1.29, 1.82) is 0 Å². The standard InChI is InChI=1S/C18H21N3O3/c1-13(22)14-5-3-6-16(9-14)21-17-10-15(11-19-12-17)18(23)20-7-4-8-24-2/h3,5-6,9-12,21H,4,7-8H2,1-2H3,(H,20,23). The number of ketones is 1. The molecule has 0 saturated heterocycles. The van der Waals surface area contributed by atoms with Crippen molar-refractivity contribution >= 4 is 23.1 Å². The highest BCUT2D eigenvalue weighted by atomic mass is 16.5. The highest BCUT2D eigenvalue weighted by Gasteiger charge is 2.07. The fourth-order valence-corrected chi connectivity index (χ4v) is 2.14. The zero-order valence-corrected chi connectivity index (χ0v) is 13.8.